The highest BCUT2D eigenvalue weighted by Gasteiger charge is 2.05. The van der Waals surface area contributed by atoms with Crippen LogP contribution in [0.25, 0.3) is 0 Å². The van der Waals surface area contributed by atoms with E-state index in [1.807, 2.05) is 19.1 Å². The fraction of sp³-hybridized carbons (Fsp3) is 0.533. The zero-order chi connectivity index (χ0) is 14.1. The topological polar surface area (TPSA) is 50.4 Å². The van der Waals surface area contributed by atoms with Gasteiger partial charge in [0.25, 0.3) is 0 Å². The average molecular weight is 264 g/mol. The van der Waals surface area contributed by atoms with Crippen LogP contribution in [0.4, 0.5) is 0 Å². The van der Waals surface area contributed by atoms with Gasteiger partial charge >= 0.3 is 0 Å². The molecule has 0 radical (unpaired) electrons. The van der Waals surface area contributed by atoms with Crippen LogP contribution in [-0.4, -0.2) is 25.6 Å². The first kappa shape index (κ1) is 15.5. The molecule has 1 rings (SSSR count). The van der Waals surface area contributed by atoms with E-state index in [0.29, 0.717) is 19.6 Å². The minimum Gasteiger partial charge on any atom is -0.493 e. The molecule has 19 heavy (non-hydrogen) atoms. The van der Waals surface area contributed by atoms with Gasteiger partial charge in [-0.05, 0) is 26.5 Å². The van der Waals surface area contributed by atoms with Gasteiger partial charge in [-0.15, -0.1) is 0 Å². The molecule has 106 valence electrons. The van der Waals surface area contributed by atoms with E-state index in [4.69, 9.17) is 4.74 Å². The minimum absolute atomic E-state index is 0.0304. The third-order valence-electron chi connectivity index (χ3n) is 2.74. The molecule has 0 aliphatic rings. The van der Waals surface area contributed by atoms with E-state index in [9.17, 15) is 4.79 Å². The highest BCUT2D eigenvalue weighted by atomic mass is 16.5. The van der Waals surface area contributed by atoms with Gasteiger partial charge in [0.15, 0.2) is 0 Å². The molecular formula is C15H24N2O2. The number of nitrogens with one attached hydrogen (secondary N) is 2. The maximum absolute atomic E-state index is 11.3. The quantitative estimate of drug-likeness (QED) is 0.755. The zero-order valence-electron chi connectivity index (χ0n) is 12.1. The van der Waals surface area contributed by atoms with E-state index >= 15 is 0 Å². The van der Waals surface area contributed by atoms with Crippen LogP contribution in [0.15, 0.2) is 18.2 Å². The van der Waals surface area contributed by atoms with Crippen LogP contribution in [0.2, 0.25) is 0 Å². The Kier molecular flexibility index (Phi) is 6.97. The number of amides is 1. The van der Waals surface area contributed by atoms with Crippen LogP contribution in [0.3, 0.4) is 0 Å². The van der Waals surface area contributed by atoms with Crippen molar-refractivity contribution in [2.75, 3.05) is 19.7 Å². The molecule has 0 saturated carbocycles. The molecular weight excluding hydrogens is 240 g/mol. The smallest absolute Gasteiger partial charge is 0.223 e. The van der Waals surface area contributed by atoms with Gasteiger partial charge in [-0.2, -0.15) is 0 Å². The Bertz CT molecular complexity index is 405. The van der Waals surface area contributed by atoms with Crippen LogP contribution >= 0.6 is 0 Å². The summed E-state index contributed by atoms with van der Waals surface area (Å²) in [6.45, 7) is 8.83. The number of benzene rings is 1. The Hall–Kier alpha value is -1.55. The first-order chi connectivity index (χ1) is 9.17. The molecule has 0 heterocycles. The summed E-state index contributed by atoms with van der Waals surface area (Å²) in [6, 6.07) is 6.11. The maximum Gasteiger partial charge on any atom is 0.223 e. The summed E-state index contributed by atoms with van der Waals surface area (Å²) in [5.74, 6) is 0.888. The second-order valence-corrected chi connectivity index (χ2v) is 4.44. The number of carbonyl (C=O) groups is 1. The Labute approximate surface area is 115 Å². The van der Waals surface area contributed by atoms with Crippen molar-refractivity contribution >= 4 is 5.91 Å². The lowest BCUT2D eigenvalue weighted by Crippen LogP contribution is -2.24. The number of hydrogen-bond acceptors (Lipinski definition) is 3. The van der Waals surface area contributed by atoms with Gasteiger partial charge in [0.05, 0.1) is 13.0 Å². The Morgan fingerprint density at radius 3 is 2.74 bits per heavy atom. The van der Waals surface area contributed by atoms with Crippen molar-refractivity contribution in [3.63, 3.8) is 0 Å². The van der Waals surface area contributed by atoms with Crippen molar-refractivity contribution < 1.29 is 9.53 Å². The summed E-state index contributed by atoms with van der Waals surface area (Å²) in [7, 11) is 0. The van der Waals surface area contributed by atoms with Crippen molar-refractivity contribution in [3.05, 3.63) is 29.3 Å². The molecule has 4 nitrogen and oxygen atoms in total. The lowest BCUT2D eigenvalue weighted by molar-refractivity contribution is -0.121. The number of ether oxygens (including phenoxy) is 1. The second kappa shape index (κ2) is 8.53. The van der Waals surface area contributed by atoms with Crippen LogP contribution in [-0.2, 0) is 11.3 Å². The SMILES string of the molecule is CCNCc1cc(C)ccc1OCCC(=O)NCC. The minimum atomic E-state index is 0.0304. The van der Waals surface area contributed by atoms with Crippen LogP contribution in [0.1, 0.15) is 31.4 Å². The third kappa shape index (κ3) is 5.75. The zero-order valence-corrected chi connectivity index (χ0v) is 12.1. The summed E-state index contributed by atoms with van der Waals surface area (Å²) < 4.78 is 5.71. The second-order valence-electron chi connectivity index (χ2n) is 4.44. The lowest BCUT2D eigenvalue weighted by Gasteiger charge is -2.12. The van der Waals surface area contributed by atoms with E-state index in [1.165, 1.54) is 5.56 Å². The van der Waals surface area contributed by atoms with Gasteiger partial charge in [0.2, 0.25) is 5.91 Å². The fourth-order valence-corrected chi connectivity index (χ4v) is 1.79. The Balaban J connectivity index is 2.54. The summed E-state index contributed by atoms with van der Waals surface area (Å²) in [5.41, 5.74) is 2.35. The van der Waals surface area contributed by atoms with Gasteiger partial charge in [0.1, 0.15) is 5.75 Å². The van der Waals surface area contributed by atoms with Gasteiger partial charge in [-0.25, -0.2) is 0 Å². The molecule has 1 aromatic carbocycles. The lowest BCUT2D eigenvalue weighted by atomic mass is 10.1. The average Bonchev–Trinajstić information content (AvgIpc) is 2.39. The van der Waals surface area contributed by atoms with Gasteiger partial charge in [-0.1, -0.05) is 24.6 Å². The summed E-state index contributed by atoms with van der Waals surface area (Å²) in [4.78, 5) is 11.3. The van der Waals surface area contributed by atoms with Gasteiger partial charge in [0, 0.05) is 18.7 Å². The van der Waals surface area contributed by atoms with E-state index in [2.05, 4.69) is 30.5 Å². The molecule has 0 aromatic heterocycles. The van der Waals surface area contributed by atoms with Crippen LogP contribution in [0, 0.1) is 6.92 Å². The molecule has 1 amide bonds. The van der Waals surface area contributed by atoms with E-state index in [0.717, 1.165) is 24.4 Å². The molecule has 0 unspecified atom stereocenters. The van der Waals surface area contributed by atoms with E-state index < -0.39 is 0 Å². The Morgan fingerprint density at radius 1 is 1.26 bits per heavy atom. The standard InChI is InChI=1S/C15H24N2O2/c1-4-16-11-13-10-12(3)6-7-14(13)19-9-8-15(18)17-5-2/h6-7,10,16H,4-5,8-9,11H2,1-3H3,(H,17,18). The molecule has 0 saturated heterocycles. The largest absolute Gasteiger partial charge is 0.493 e. The fourth-order valence-electron chi connectivity index (χ4n) is 1.79. The molecule has 0 atom stereocenters. The predicted octanol–water partition coefficient (Wildman–Crippen LogP) is 2.01. The Morgan fingerprint density at radius 2 is 2.05 bits per heavy atom. The van der Waals surface area contributed by atoms with Gasteiger partial charge in [-0.3, -0.25) is 4.79 Å². The summed E-state index contributed by atoms with van der Waals surface area (Å²) in [6.07, 6.45) is 0.391. The molecule has 0 spiro atoms. The predicted molar refractivity (Wildman–Crippen MR) is 77.4 cm³/mol. The van der Waals surface area contributed by atoms with Crippen molar-refractivity contribution in [2.24, 2.45) is 0 Å². The normalized spacial score (nSPS) is 10.3. The molecule has 0 aliphatic carbocycles. The first-order valence-corrected chi connectivity index (χ1v) is 6.87. The summed E-state index contributed by atoms with van der Waals surface area (Å²) >= 11 is 0. The van der Waals surface area contributed by atoms with Gasteiger partial charge < -0.3 is 15.4 Å². The number of rotatable bonds is 8. The molecule has 0 fully saturated rings. The van der Waals surface area contributed by atoms with Crippen molar-refractivity contribution in [3.8, 4) is 5.75 Å². The van der Waals surface area contributed by atoms with E-state index in [1.54, 1.807) is 0 Å². The third-order valence-corrected chi connectivity index (χ3v) is 2.74. The molecule has 1 aromatic rings. The molecule has 0 aliphatic heterocycles. The van der Waals surface area contributed by atoms with Crippen LogP contribution < -0.4 is 15.4 Å². The molecule has 0 bridgehead atoms. The van der Waals surface area contributed by atoms with Crippen molar-refractivity contribution in [1.29, 1.82) is 0 Å². The molecule has 4 heteroatoms. The highest BCUT2D eigenvalue weighted by molar-refractivity contribution is 5.75. The number of carbonyl (C=O) groups excluding carboxylic acids is 1. The maximum atomic E-state index is 11.3. The molecule has 2 N–H and O–H groups in total. The summed E-state index contributed by atoms with van der Waals surface area (Å²) in [5, 5.41) is 6.05. The van der Waals surface area contributed by atoms with Crippen molar-refractivity contribution in [1.82, 2.24) is 10.6 Å². The monoisotopic (exact) mass is 264 g/mol. The first-order valence-electron chi connectivity index (χ1n) is 6.87. The highest BCUT2D eigenvalue weighted by Crippen LogP contribution is 2.20. The van der Waals surface area contributed by atoms with E-state index in [-0.39, 0.29) is 5.91 Å². The van der Waals surface area contributed by atoms with Crippen molar-refractivity contribution in [2.45, 2.75) is 33.7 Å². The number of hydrogen-bond donors (Lipinski definition) is 2. The number of aryl methyl sites for hydroxylation is 1. The van der Waals surface area contributed by atoms with Crippen LogP contribution in [0.5, 0.6) is 5.75 Å².